The van der Waals surface area contributed by atoms with Gasteiger partial charge in [0, 0.05) is 81.2 Å². The predicted molar refractivity (Wildman–Crippen MR) is 267 cm³/mol. The van der Waals surface area contributed by atoms with Gasteiger partial charge in [0.2, 0.25) is 0 Å². The molecule has 0 amide bonds. The van der Waals surface area contributed by atoms with Crippen molar-refractivity contribution >= 4 is 29.6 Å². The van der Waals surface area contributed by atoms with Crippen LogP contribution in [0.1, 0.15) is 122 Å². The first kappa shape index (κ1) is 45.5. The number of Topliss-reactive ketones (excluding diaryl/α,β-unsaturated/α-hetero) is 2. The van der Waals surface area contributed by atoms with Crippen LogP contribution in [-0.2, 0) is 20.8 Å². The fourth-order valence-corrected chi connectivity index (χ4v) is 21.1. The van der Waals surface area contributed by atoms with Gasteiger partial charge in [-0.3, -0.25) is 9.59 Å². The lowest BCUT2D eigenvalue weighted by Crippen LogP contribution is -2.79. The van der Waals surface area contributed by atoms with Crippen LogP contribution in [0.25, 0.3) is 6.08 Å². The Morgan fingerprint density at radius 2 is 1.69 bits per heavy atom. The van der Waals surface area contributed by atoms with E-state index in [1.807, 2.05) is 31.2 Å². The minimum atomic E-state index is -2.48. The zero-order chi connectivity index (χ0) is 50.5. The number of carbonyl (C=O) groups excluding carboxylic acids is 2. The number of carboxylic acids is 1. The Kier molecular flexibility index (Phi) is 8.45. The number of aliphatic imine (C=N–C) groups is 1. The number of carboxylic acid groups (broad SMARTS) is 1. The molecule has 13 aliphatic carbocycles. The topological polar surface area (TPSA) is 237 Å². The molecule has 0 aromatic heterocycles. The summed E-state index contributed by atoms with van der Waals surface area (Å²) in [6.07, 6.45) is 12.2. The number of aliphatic hydroxyl groups is 5. The number of fused-ring (bicyclic) bond motifs is 2. The third-order valence-corrected chi connectivity index (χ3v) is 23.3. The molecular formula is C60H65N3O9. The smallest absolute Gasteiger partial charge is 0.331 e. The lowest BCUT2D eigenvalue weighted by Gasteiger charge is -2.73. The standard InChI is InChI=1S/C60H65N3O9/c1-30(49(67)68)37-18-23-54(63-50(61)62)24-25-55-40-28-36(64)15-17-39-45(66)44-48-56(69)29-35-27-33-14-16-38(59(37,71)60(40,54)72)42(33)46(55)58(35,70)57(48,53(39,55)4)21-9-5-8-20-51(2)41(65)19-22-52(44,3)47(51)43(56)34-13-12-31-10-6-7-11-32(31)26-34/h6-7,10-11,16,24-26,29,36,39-40,43,46-47,64,69-72H,9,12-15,17-23,27-28H2,1-4H3,(H,67,68)(H4,61,62,63)/b37-30+/t36-,39-,40+,43-,46+,47-,51-,52-,53-,54+,55+,56-,57+,58+,59+,60-/m1/s1. The van der Waals surface area contributed by atoms with E-state index in [1.165, 1.54) is 12.5 Å². The molecule has 0 heterocycles. The number of hydrogen-bond donors (Lipinski definition) is 8. The summed E-state index contributed by atoms with van der Waals surface area (Å²) in [5.41, 5.74) is 2.50. The Morgan fingerprint density at radius 1 is 0.917 bits per heavy atom. The molecule has 2 spiro atoms. The molecule has 0 aliphatic heterocycles. The minimum absolute atomic E-state index is 0.00747. The van der Waals surface area contributed by atoms with Crippen molar-refractivity contribution in [2.24, 2.45) is 73.1 Å². The second-order valence-corrected chi connectivity index (χ2v) is 25.3. The van der Waals surface area contributed by atoms with E-state index in [4.69, 9.17) is 16.5 Å². The van der Waals surface area contributed by atoms with Gasteiger partial charge in [0.15, 0.2) is 11.7 Å². The summed E-state index contributed by atoms with van der Waals surface area (Å²) >= 11 is 0. The fourth-order valence-electron chi connectivity index (χ4n) is 21.1. The number of hydrogen-bond acceptors (Lipinski definition) is 9. The van der Waals surface area contributed by atoms with Crippen LogP contribution >= 0.6 is 0 Å². The number of aliphatic carboxylic acids is 1. The third kappa shape index (κ3) is 4.34. The molecule has 5 fully saturated rings. The molecule has 10 N–H and O–H groups in total. The van der Waals surface area contributed by atoms with Crippen molar-refractivity contribution in [1.82, 2.24) is 0 Å². The highest BCUT2D eigenvalue weighted by molar-refractivity contribution is 6.04. The number of carbonyl (C=O) groups is 3. The van der Waals surface area contributed by atoms with Crippen molar-refractivity contribution in [3.8, 4) is 11.8 Å². The normalized spacial score (nSPS) is 49.8. The Balaban J connectivity index is 1.20. The first-order valence-corrected chi connectivity index (χ1v) is 26.6. The summed E-state index contributed by atoms with van der Waals surface area (Å²) in [6.45, 7) is 7.72. The zero-order valence-electron chi connectivity index (χ0n) is 41.6. The Bertz CT molecular complexity index is 3210. The molecule has 0 unspecified atom stereocenters. The largest absolute Gasteiger partial charge is 0.478 e. The van der Waals surface area contributed by atoms with E-state index >= 15 is 19.8 Å². The van der Waals surface area contributed by atoms with E-state index in [0.717, 1.165) is 23.1 Å². The molecule has 13 aliphatic rings. The lowest BCUT2D eigenvalue weighted by atomic mass is 9.30. The highest BCUT2D eigenvalue weighted by Gasteiger charge is 2.94. The Labute approximate surface area is 419 Å². The molecule has 14 rings (SSSR count). The molecule has 72 heavy (non-hydrogen) atoms. The van der Waals surface area contributed by atoms with Gasteiger partial charge in [-0.05, 0) is 129 Å². The number of aryl methyl sites for hydroxylation is 1. The predicted octanol–water partition coefficient (Wildman–Crippen LogP) is 5.78. The molecular weight excluding hydrogens is 907 g/mol. The number of guanidine groups is 1. The van der Waals surface area contributed by atoms with Crippen molar-refractivity contribution in [3.63, 3.8) is 0 Å². The summed E-state index contributed by atoms with van der Waals surface area (Å²) in [7, 11) is 0. The number of aliphatic hydroxyl groups excluding tert-OH is 1. The van der Waals surface area contributed by atoms with Gasteiger partial charge in [0.1, 0.15) is 33.7 Å². The molecule has 1 aromatic rings. The van der Waals surface area contributed by atoms with Crippen LogP contribution in [-0.4, -0.2) is 88.2 Å². The van der Waals surface area contributed by atoms with Crippen LogP contribution in [0.5, 0.6) is 0 Å². The number of benzene rings is 1. The molecule has 0 radical (unpaired) electrons. The second-order valence-electron chi connectivity index (χ2n) is 25.3. The number of ketones is 2. The van der Waals surface area contributed by atoms with Crippen LogP contribution in [0.2, 0.25) is 0 Å². The number of rotatable bonds is 3. The van der Waals surface area contributed by atoms with E-state index in [0.29, 0.717) is 47.1 Å². The number of nitrogens with zero attached hydrogens (tertiary/aromatic N) is 1. The Hall–Kier alpha value is -5.16. The van der Waals surface area contributed by atoms with Crippen LogP contribution in [0, 0.1) is 68.5 Å². The quantitative estimate of drug-likeness (QED) is 0.0595. The summed E-state index contributed by atoms with van der Waals surface area (Å²) in [5.74, 6) is 0.953. The number of nitrogens with two attached hydrogens (primary N) is 2. The van der Waals surface area contributed by atoms with E-state index in [9.17, 15) is 25.2 Å². The van der Waals surface area contributed by atoms with Crippen molar-refractivity contribution in [2.45, 2.75) is 152 Å². The number of allylic oxidation sites excluding steroid dienone is 4. The average molecular weight is 972 g/mol. The summed E-state index contributed by atoms with van der Waals surface area (Å²) in [6, 6.07) is 8.30. The molecule has 5 saturated carbocycles. The van der Waals surface area contributed by atoms with E-state index in [-0.39, 0.29) is 92.9 Å². The molecule has 374 valence electrons. The van der Waals surface area contributed by atoms with Crippen LogP contribution in [0.4, 0.5) is 0 Å². The maximum absolute atomic E-state index is 17.1. The maximum Gasteiger partial charge on any atom is 0.331 e. The van der Waals surface area contributed by atoms with Gasteiger partial charge >= 0.3 is 5.97 Å². The molecule has 12 nitrogen and oxygen atoms in total. The monoisotopic (exact) mass is 971 g/mol. The lowest BCUT2D eigenvalue weighted by molar-refractivity contribution is -0.244. The maximum atomic E-state index is 17.1. The highest BCUT2D eigenvalue weighted by Crippen LogP contribution is 2.92. The molecule has 12 heteroatoms. The first-order chi connectivity index (χ1) is 34.0. The SMILES string of the molecule is C/C(C(=O)O)=C1/CC[C@]2(N=C(N)N)C=C[C@]34[C@@H]5C[C@H](O)CC[C@@H]6C(=O)C7=C8[C@@]9(CCC#CC[C@]%10(C)C(=O)CC[C@@]7(C)[C@@H]%10[C@@H](C7=Cc%10ccccc%10CC7)[C@]8(O)C=C7CC8=C(C(=CC8)[C@]1(O)[C@@]52O)[C@@H]3[C@@]79O)[C@]64C. The molecule has 16 atom stereocenters. The van der Waals surface area contributed by atoms with E-state index < -0.39 is 96.7 Å². The van der Waals surface area contributed by atoms with Crippen molar-refractivity contribution in [3.05, 3.63) is 110 Å². The van der Waals surface area contributed by atoms with Gasteiger partial charge in [-0.1, -0.05) is 80.5 Å². The van der Waals surface area contributed by atoms with Crippen molar-refractivity contribution in [2.75, 3.05) is 0 Å². The van der Waals surface area contributed by atoms with Gasteiger partial charge in [0.05, 0.1) is 6.10 Å². The van der Waals surface area contributed by atoms with E-state index in [1.54, 1.807) is 6.08 Å². The van der Waals surface area contributed by atoms with Gasteiger partial charge in [-0.15, -0.1) is 11.8 Å². The summed E-state index contributed by atoms with van der Waals surface area (Å²) in [5, 5.41) is 83.5. The molecule has 0 saturated heterocycles. The third-order valence-electron chi connectivity index (χ3n) is 23.3. The highest BCUT2D eigenvalue weighted by atomic mass is 16.4. The minimum Gasteiger partial charge on any atom is -0.478 e. The van der Waals surface area contributed by atoms with Gasteiger partial charge in [-0.2, -0.15) is 0 Å². The van der Waals surface area contributed by atoms with Crippen LogP contribution < -0.4 is 11.5 Å². The van der Waals surface area contributed by atoms with Crippen molar-refractivity contribution < 1.29 is 45.0 Å². The van der Waals surface area contributed by atoms with Gasteiger partial charge in [0.25, 0.3) is 0 Å². The average Bonchev–Trinajstić information content (AvgIpc) is 3.78. The van der Waals surface area contributed by atoms with Gasteiger partial charge in [-0.25, -0.2) is 9.79 Å². The van der Waals surface area contributed by atoms with Crippen LogP contribution in [0.3, 0.4) is 0 Å². The zero-order valence-corrected chi connectivity index (χ0v) is 41.6. The molecule has 8 bridgehead atoms. The first-order valence-electron chi connectivity index (χ1n) is 26.6. The Morgan fingerprint density at radius 3 is 2.46 bits per heavy atom. The fraction of sp³-hybridized carbons (Fsp3) is 0.567. The second kappa shape index (κ2) is 13.4. The summed E-state index contributed by atoms with van der Waals surface area (Å²) < 4.78 is 0. The van der Waals surface area contributed by atoms with E-state index in [2.05, 4.69) is 50.0 Å². The van der Waals surface area contributed by atoms with Crippen LogP contribution in [0.15, 0.2) is 104 Å². The summed E-state index contributed by atoms with van der Waals surface area (Å²) in [4.78, 5) is 50.3. The molecule has 1 aromatic carbocycles. The van der Waals surface area contributed by atoms with Crippen molar-refractivity contribution in [1.29, 1.82) is 0 Å². The van der Waals surface area contributed by atoms with Gasteiger partial charge < -0.3 is 42.1 Å².